The fourth-order valence-electron chi connectivity index (χ4n) is 2.92. The monoisotopic (exact) mass is 501 g/mol. The van der Waals surface area contributed by atoms with Crippen molar-refractivity contribution >= 4 is 70.4 Å². The molecule has 0 bridgehead atoms. The molecule has 0 saturated heterocycles. The second kappa shape index (κ2) is 14.5. The summed E-state index contributed by atoms with van der Waals surface area (Å²) in [5.41, 5.74) is 0.872. The van der Waals surface area contributed by atoms with Crippen molar-refractivity contribution in [1.82, 2.24) is 15.6 Å². The minimum absolute atomic E-state index is 0. The summed E-state index contributed by atoms with van der Waals surface area (Å²) in [6.45, 7) is 2.10. The normalized spacial score (nSPS) is 11.0. The average Bonchev–Trinajstić information content (AvgIpc) is 2.75. The SMILES string of the molecule is Cc1ccnc(NCCCC(=O)NCC(=O)NC(CC(=O)O)c2ccc(Cl)c([N+](=O)[O-])c2)c1.[NaH]. The van der Waals surface area contributed by atoms with Gasteiger partial charge in [-0.1, -0.05) is 17.7 Å². The summed E-state index contributed by atoms with van der Waals surface area (Å²) in [5, 5.41) is 28.2. The molecule has 1 aromatic heterocycles. The molecule has 13 heteroatoms. The van der Waals surface area contributed by atoms with Crippen LogP contribution in [0, 0.1) is 17.0 Å². The van der Waals surface area contributed by atoms with Crippen molar-refractivity contribution in [3.05, 3.63) is 62.8 Å². The number of nitrogens with zero attached hydrogens (tertiary/aromatic N) is 2. The van der Waals surface area contributed by atoms with Gasteiger partial charge in [0.15, 0.2) is 0 Å². The number of aryl methyl sites for hydroxylation is 1. The predicted octanol–water partition coefficient (Wildman–Crippen LogP) is 1.94. The molecule has 4 N–H and O–H groups in total. The number of carboxylic acid groups (broad SMARTS) is 1. The number of nitro groups is 1. The van der Waals surface area contributed by atoms with Crippen LogP contribution >= 0.6 is 11.6 Å². The number of carbonyl (C=O) groups is 3. The summed E-state index contributed by atoms with van der Waals surface area (Å²) in [6, 6.07) is 6.50. The molecule has 0 radical (unpaired) electrons. The van der Waals surface area contributed by atoms with Crippen LogP contribution in [-0.4, -0.2) is 75.4 Å². The Balaban J connectivity index is 0.00000578. The first-order valence-corrected chi connectivity index (χ1v) is 10.4. The molecule has 1 aromatic carbocycles. The second-order valence-electron chi connectivity index (χ2n) is 7.21. The Morgan fingerprint density at radius 2 is 1.94 bits per heavy atom. The number of carbonyl (C=O) groups excluding carboxylic acids is 2. The van der Waals surface area contributed by atoms with Gasteiger partial charge in [0, 0.05) is 25.2 Å². The van der Waals surface area contributed by atoms with Gasteiger partial charge in [-0.3, -0.25) is 24.5 Å². The number of anilines is 1. The Morgan fingerprint density at radius 3 is 2.59 bits per heavy atom. The van der Waals surface area contributed by atoms with E-state index in [1.165, 1.54) is 12.1 Å². The third-order valence-electron chi connectivity index (χ3n) is 4.53. The molecule has 0 aliphatic rings. The van der Waals surface area contributed by atoms with Crippen LogP contribution in [0.4, 0.5) is 11.5 Å². The molecule has 0 fully saturated rings. The molecule has 2 aromatic rings. The number of aliphatic carboxylic acids is 1. The topological polar surface area (TPSA) is 164 Å². The van der Waals surface area contributed by atoms with Gasteiger partial charge in [-0.2, -0.15) is 0 Å². The first-order valence-electron chi connectivity index (χ1n) is 10.0. The van der Waals surface area contributed by atoms with Crippen molar-refractivity contribution in [1.29, 1.82) is 0 Å². The maximum atomic E-state index is 12.2. The van der Waals surface area contributed by atoms with Gasteiger partial charge in [0.05, 0.1) is 23.9 Å². The second-order valence-corrected chi connectivity index (χ2v) is 7.62. The molecule has 2 amide bonds. The van der Waals surface area contributed by atoms with E-state index in [0.29, 0.717) is 18.8 Å². The van der Waals surface area contributed by atoms with Gasteiger partial charge in [-0.25, -0.2) is 4.98 Å². The molecule has 11 nitrogen and oxygen atoms in total. The van der Waals surface area contributed by atoms with Crippen molar-refractivity contribution in [3.8, 4) is 0 Å². The van der Waals surface area contributed by atoms with E-state index in [0.717, 1.165) is 11.6 Å². The number of pyridine rings is 1. The van der Waals surface area contributed by atoms with Crippen LogP contribution in [0.25, 0.3) is 0 Å². The third-order valence-corrected chi connectivity index (χ3v) is 4.85. The molecule has 2 rings (SSSR count). The predicted molar refractivity (Wildman–Crippen MR) is 128 cm³/mol. The zero-order chi connectivity index (χ0) is 24.4. The van der Waals surface area contributed by atoms with Crippen molar-refractivity contribution in [2.24, 2.45) is 0 Å². The van der Waals surface area contributed by atoms with Crippen LogP contribution in [0.5, 0.6) is 0 Å². The summed E-state index contributed by atoms with van der Waals surface area (Å²) >= 11 is 5.78. The number of hydrogen-bond acceptors (Lipinski definition) is 7. The molecule has 0 spiro atoms. The zero-order valence-electron chi connectivity index (χ0n) is 17.8. The molecule has 1 unspecified atom stereocenters. The molecular formula is C21H25ClN5NaO6. The fourth-order valence-corrected chi connectivity index (χ4v) is 3.11. The van der Waals surface area contributed by atoms with Crippen molar-refractivity contribution in [3.63, 3.8) is 0 Å². The van der Waals surface area contributed by atoms with Crippen LogP contribution in [0.3, 0.4) is 0 Å². The van der Waals surface area contributed by atoms with E-state index in [1.54, 1.807) is 6.20 Å². The molecule has 0 aliphatic carbocycles. The van der Waals surface area contributed by atoms with Crippen molar-refractivity contribution < 1.29 is 24.4 Å². The van der Waals surface area contributed by atoms with E-state index >= 15 is 0 Å². The van der Waals surface area contributed by atoms with Crippen LogP contribution in [-0.2, 0) is 14.4 Å². The van der Waals surface area contributed by atoms with Crippen LogP contribution < -0.4 is 16.0 Å². The molecule has 34 heavy (non-hydrogen) atoms. The summed E-state index contributed by atoms with van der Waals surface area (Å²) in [4.78, 5) is 50.0. The summed E-state index contributed by atoms with van der Waals surface area (Å²) < 4.78 is 0. The zero-order valence-corrected chi connectivity index (χ0v) is 18.6. The standard InChI is InChI=1S/C21H24ClN5O6.Na.H/c1-13-6-8-24-18(9-13)23-7-2-3-19(28)25-12-20(29)26-16(11-21(30)31)14-4-5-15(22)17(10-14)27(32)33;;/h4-6,8-10,16H,2-3,7,11-12H2,1H3,(H,23,24)(H,25,28)(H,26,29)(H,30,31);;. The molecule has 0 aliphatic heterocycles. The van der Waals surface area contributed by atoms with Gasteiger partial charge in [0.2, 0.25) is 11.8 Å². The van der Waals surface area contributed by atoms with E-state index in [2.05, 4.69) is 20.9 Å². The van der Waals surface area contributed by atoms with E-state index in [-0.39, 0.29) is 59.0 Å². The summed E-state index contributed by atoms with van der Waals surface area (Å²) in [7, 11) is 0. The maximum absolute atomic E-state index is 12.2. The van der Waals surface area contributed by atoms with E-state index in [4.69, 9.17) is 16.7 Å². The van der Waals surface area contributed by atoms with Gasteiger partial charge < -0.3 is 21.1 Å². The number of nitro benzene ring substituents is 1. The number of benzene rings is 1. The Kier molecular flexibility index (Phi) is 12.5. The Morgan fingerprint density at radius 1 is 1.21 bits per heavy atom. The van der Waals surface area contributed by atoms with Gasteiger partial charge in [0.1, 0.15) is 10.8 Å². The number of halogens is 1. The van der Waals surface area contributed by atoms with Crippen LogP contribution in [0.15, 0.2) is 36.5 Å². The average molecular weight is 502 g/mol. The van der Waals surface area contributed by atoms with Gasteiger partial charge in [0.25, 0.3) is 5.69 Å². The van der Waals surface area contributed by atoms with Gasteiger partial charge >= 0.3 is 35.5 Å². The molecule has 178 valence electrons. The quantitative estimate of drug-likeness (QED) is 0.148. The van der Waals surface area contributed by atoms with Gasteiger partial charge in [-0.05, 0) is 42.7 Å². The van der Waals surface area contributed by atoms with E-state index < -0.39 is 34.9 Å². The molecule has 1 heterocycles. The van der Waals surface area contributed by atoms with Gasteiger partial charge in [-0.15, -0.1) is 0 Å². The van der Waals surface area contributed by atoms with Crippen LogP contribution in [0.2, 0.25) is 5.02 Å². The number of aromatic nitrogens is 1. The number of amides is 2. The first kappa shape index (κ1) is 29.3. The number of nitrogens with one attached hydrogen (secondary N) is 3. The summed E-state index contributed by atoms with van der Waals surface area (Å²) in [5.74, 6) is -1.48. The molecular weight excluding hydrogens is 477 g/mol. The third kappa shape index (κ3) is 10.0. The molecule has 0 saturated carbocycles. The number of carboxylic acids is 1. The number of hydrogen-bond donors (Lipinski definition) is 4. The van der Waals surface area contributed by atoms with E-state index in [1.807, 2.05) is 19.1 Å². The number of rotatable bonds is 12. The first-order chi connectivity index (χ1) is 15.7. The van der Waals surface area contributed by atoms with Crippen molar-refractivity contribution in [2.45, 2.75) is 32.2 Å². The van der Waals surface area contributed by atoms with E-state index in [9.17, 15) is 24.5 Å². The fraction of sp³-hybridized carbons (Fsp3) is 0.333. The van der Waals surface area contributed by atoms with Crippen molar-refractivity contribution in [2.75, 3.05) is 18.4 Å². The summed E-state index contributed by atoms with van der Waals surface area (Å²) in [6.07, 6.45) is 1.87. The van der Waals surface area contributed by atoms with Crippen LogP contribution in [0.1, 0.15) is 36.4 Å². The minimum atomic E-state index is -1.21. The Labute approximate surface area is 223 Å². The Bertz CT molecular complexity index is 1040. The Hall–Kier alpha value is -2.73. The molecule has 1 atom stereocenters.